The summed E-state index contributed by atoms with van der Waals surface area (Å²) in [6, 6.07) is 6.39. The summed E-state index contributed by atoms with van der Waals surface area (Å²) in [5.41, 5.74) is 1.86. The molecule has 0 atom stereocenters. The lowest BCUT2D eigenvalue weighted by Gasteiger charge is -2.32. The van der Waals surface area contributed by atoms with Gasteiger partial charge in [0.05, 0.1) is 17.9 Å². The minimum Gasteiger partial charge on any atom is -0.466 e. The van der Waals surface area contributed by atoms with Crippen LogP contribution in [-0.4, -0.2) is 35.6 Å². The summed E-state index contributed by atoms with van der Waals surface area (Å²) in [5, 5.41) is 3.11. The maximum atomic E-state index is 13.3. The SMILES string of the molecule is CCOC(=O)C1CCN(c2nc(Cl)nc3scc(-c4ccc(F)cc4)c23)CC1. The van der Waals surface area contributed by atoms with Crippen molar-refractivity contribution in [2.24, 2.45) is 5.92 Å². The van der Waals surface area contributed by atoms with Crippen molar-refractivity contribution in [3.8, 4) is 11.1 Å². The van der Waals surface area contributed by atoms with Crippen molar-refractivity contribution in [3.63, 3.8) is 0 Å². The predicted molar refractivity (Wildman–Crippen MR) is 109 cm³/mol. The smallest absolute Gasteiger partial charge is 0.309 e. The summed E-state index contributed by atoms with van der Waals surface area (Å²) in [7, 11) is 0. The molecule has 0 saturated carbocycles. The van der Waals surface area contributed by atoms with Gasteiger partial charge in [-0.1, -0.05) is 12.1 Å². The second-order valence-electron chi connectivity index (χ2n) is 6.67. The molecule has 0 unspecified atom stereocenters. The molecule has 1 saturated heterocycles. The van der Waals surface area contributed by atoms with Crippen molar-refractivity contribution in [2.45, 2.75) is 19.8 Å². The molecule has 5 nitrogen and oxygen atoms in total. The molecular weight excluding hydrogens is 401 g/mol. The Morgan fingerprint density at radius 2 is 2.00 bits per heavy atom. The Labute approximate surface area is 171 Å². The fourth-order valence-corrected chi connectivity index (χ4v) is 4.71. The van der Waals surface area contributed by atoms with Gasteiger partial charge >= 0.3 is 5.97 Å². The number of carbonyl (C=O) groups excluding carboxylic acids is 1. The van der Waals surface area contributed by atoms with E-state index >= 15 is 0 Å². The highest BCUT2D eigenvalue weighted by molar-refractivity contribution is 7.17. The topological polar surface area (TPSA) is 55.3 Å². The zero-order valence-corrected chi connectivity index (χ0v) is 16.9. The van der Waals surface area contributed by atoms with Crippen LogP contribution in [0.3, 0.4) is 0 Å². The minimum atomic E-state index is -0.274. The van der Waals surface area contributed by atoms with Crippen LogP contribution >= 0.6 is 22.9 Å². The number of esters is 1. The molecule has 0 radical (unpaired) electrons. The highest BCUT2D eigenvalue weighted by atomic mass is 35.5. The largest absolute Gasteiger partial charge is 0.466 e. The van der Waals surface area contributed by atoms with Crippen LogP contribution < -0.4 is 4.90 Å². The van der Waals surface area contributed by atoms with Gasteiger partial charge in [0.25, 0.3) is 0 Å². The third-order valence-corrected chi connectivity index (χ3v) is 6.00. The summed E-state index contributed by atoms with van der Waals surface area (Å²) < 4.78 is 18.5. The standard InChI is InChI=1S/C20H19ClFN3O2S/c1-2-27-19(26)13-7-9-25(10-8-13)17-16-15(12-3-5-14(22)6-4-12)11-28-18(16)24-20(21)23-17/h3-6,11,13H,2,7-10H2,1H3. The molecule has 3 heterocycles. The first-order valence-corrected chi connectivity index (χ1v) is 10.4. The van der Waals surface area contributed by atoms with Crippen molar-refractivity contribution in [1.29, 1.82) is 0 Å². The van der Waals surface area contributed by atoms with Crippen molar-refractivity contribution in [3.05, 3.63) is 40.7 Å². The molecule has 1 fully saturated rings. The number of hydrogen-bond donors (Lipinski definition) is 0. The predicted octanol–water partition coefficient (Wildman–Crippen LogP) is 4.93. The van der Waals surface area contributed by atoms with Gasteiger partial charge in [0.1, 0.15) is 16.5 Å². The first-order valence-electron chi connectivity index (χ1n) is 9.19. The maximum Gasteiger partial charge on any atom is 0.309 e. The summed E-state index contributed by atoms with van der Waals surface area (Å²) in [6.07, 6.45) is 1.41. The zero-order valence-electron chi connectivity index (χ0n) is 15.3. The molecule has 0 bridgehead atoms. The van der Waals surface area contributed by atoms with Gasteiger partial charge < -0.3 is 9.64 Å². The number of thiophene rings is 1. The minimum absolute atomic E-state index is 0.0805. The third-order valence-electron chi connectivity index (χ3n) is 4.96. The van der Waals surface area contributed by atoms with Gasteiger partial charge in [-0.15, -0.1) is 11.3 Å². The number of ether oxygens (including phenoxy) is 1. The molecule has 1 aromatic carbocycles. The Hall–Kier alpha value is -2.25. The molecule has 0 amide bonds. The molecule has 0 spiro atoms. The second kappa shape index (κ2) is 8.01. The number of rotatable bonds is 4. The second-order valence-corrected chi connectivity index (χ2v) is 7.86. The molecule has 3 aromatic rings. The lowest BCUT2D eigenvalue weighted by Crippen LogP contribution is -2.37. The summed E-state index contributed by atoms with van der Waals surface area (Å²) >= 11 is 7.66. The van der Waals surface area contributed by atoms with Gasteiger partial charge in [-0.05, 0) is 49.1 Å². The molecule has 0 N–H and O–H groups in total. The van der Waals surface area contributed by atoms with Crippen molar-refractivity contribution < 1.29 is 13.9 Å². The number of anilines is 1. The molecule has 8 heteroatoms. The third kappa shape index (κ3) is 3.69. The Kier molecular flexibility index (Phi) is 5.46. The number of piperidine rings is 1. The van der Waals surface area contributed by atoms with Crippen LogP contribution in [0.1, 0.15) is 19.8 Å². The van der Waals surface area contributed by atoms with E-state index in [1.54, 1.807) is 12.1 Å². The van der Waals surface area contributed by atoms with Crippen molar-refractivity contribution >= 4 is 44.9 Å². The average molecular weight is 420 g/mol. The van der Waals surface area contributed by atoms with Gasteiger partial charge in [0.2, 0.25) is 5.28 Å². The summed E-state index contributed by atoms with van der Waals surface area (Å²) in [4.78, 5) is 23.8. The van der Waals surface area contributed by atoms with E-state index in [4.69, 9.17) is 16.3 Å². The van der Waals surface area contributed by atoms with E-state index in [0.717, 1.165) is 27.2 Å². The highest BCUT2D eigenvalue weighted by Crippen LogP contribution is 2.40. The Morgan fingerprint density at radius 3 is 2.68 bits per heavy atom. The van der Waals surface area contributed by atoms with Gasteiger partial charge in [-0.25, -0.2) is 9.37 Å². The van der Waals surface area contributed by atoms with Crippen LogP contribution in [0.2, 0.25) is 5.28 Å². The number of fused-ring (bicyclic) bond motifs is 1. The van der Waals surface area contributed by atoms with E-state index in [-0.39, 0.29) is 23.0 Å². The summed E-state index contributed by atoms with van der Waals surface area (Å²) in [6.45, 7) is 3.59. The molecule has 28 heavy (non-hydrogen) atoms. The van der Waals surface area contributed by atoms with E-state index in [0.29, 0.717) is 32.5 Å². The van der Waals surface area contributed by atoms with E-state index in [9.17, 15) is 9.18 Å². The number of halogens is 2. The fourth-order valence-electron chi connectivity index (χ4n) is 3.56. The Balaban J connectivity index is 1.68. The first kappa shape index (κ1) is 19.1. The van der Waals surface area contributed by atoms with Crippen LogP contribution in [0.15, 0.2) is 29.6 Å². The Bertz CT molecular complexity index is 1000. The molecule has 1 aliphatic rings. The number of aromatic nitrogens is 2. The quantitative estimate of drug-likeness (QED) is 0.443. The van der Waals surface area contributed by atoms with Gasteiger partial charge in [0, 0.05) is 24.0 Å². The average Bonchev–Trinajstić information content (AvgIpc) is 3.12. The first-order chi connectivity index (χ1) is 13.6. The van der Waals surface area contributed by atoms with Gasteiger partial charge in [-0.2, -0.15) is 4.98 Å². The molecule has 0 aliphatic carbocycles. The van der Waals surface area contributed by atoms with E-state index in [1.165, 1.54) is 23.5 Å². The zero-order chi connectivity index (χ0) is 19.7. The van der Waals surface area contributed by atoms with Gasteiger partial charge in [0.15, 0.2) is 0 Å². The van der Waals surface area contributed by atoms with Crippen molar-refractivity contribution in [1.82, 2.24) is 9.97 Å². The van der Waals surface area contributed by atoms with Gasteiger partial charge in [-0.3, -0.25) is 4.79 Å². The monoisotopic (exact) mass is 419 g/mol. The van der Waals surface area contributed by atoms with Crippen LogP contribution in [0, 0.1) is 11.7 Å². The molecule has 1 aliphatic heterocycles. The van der Waals surface area contributed by atoms with Crippen LogP contribution in [0.4, 0.5) is 10.2 Å². The van der Waals surface area contributed by atoms with E-state index < -0.39 is 0 Å². The van der Waals surface area contributed by atoms with Crippen LogP contribution in [-0.2, 0) is 9.53 Å². The highest BCUT2D eigenvalue weighted by Gasteiger charge is 2.28. The summed E-state index contributed by atoms with van der Waals surface area (Å²) in [5.74, 6) is 0.278. The Morgan fingerprint density at radius 1 is 1.29 bits per heavy atom. The van der Waals surface area contributed by atoms with Crippen molar-refractivity contribution in [2.75, 3.05) is 24.6 Å². The van der Waals surface area contributed by atoms with E-state index in [2.05, 4.69) is 14.9 Å². The lowest BCUT2D eigenvalue weighted by atomic mass is 9.96. The van der Waals surface area contributed by atoms with E-state index in [1.807, 2.05) is 12.3 Å². The number of hydrogen-bond acceptors (Lipinski definition) is 6. The number of carbonyl (C=O) groups is 1. The fraction of sp³-hybridized carbons (Fsp3) is 0.350. The van der Waals surface area contributed by atoms with Crippen LogP contribution in [0.5, 0.6) is 0 Å². The molecular formula is C20H19ClFN3O2S. The maximum absolute atomic E-state index is 13.3. The molecule has 146 valence electrons. The normalized spacial score (nSPS) is 15.2. The number of benzene rings is 1. The lowest BCUT2D eigenvalue weighted by molar-refractivity contribution is -0.148. The molecule has 2 aromatic heterocycles. The van der Waals surface area contributed by atoms with Crippen LogP contribution in [0.25, 0.3) is 21.3 Å². The molecule has 4 rings (SSSR count). The number of nitrogens with zero attached hydrogens (tertiary/aromatic N) is 3.